The third kappa shape index (κ3) is 4.09. The van der Waals surface area contributed by atoms with Crippen LogP contribution >= 0.6 is 34.5 Å². The average molecular weight is 610 g/mol. The quantitative estimate of drug-likeness (QED) is 0.157. The molecule has 0 saturated carbocycles. The van der Waals surface area contributed by atoms with Crippen molar-refractivity contribution in [3.05, 3.63) is 124 Å². The first-order valence-electron chi connectivity index (χ1n) is 13.5. The van der Waals surface area contributed by atoms with Gasteiger partial charge in [0.25, 0.3) is 5.65 Å². The molecule has 3 heterocycles. The van der Waals surface area contributed by atoms with E-state index >= 15 is 0 Å². The Bertz CT molecular complexity index is 2180. The molecule has 5 nitrogen and oxygen atoms in total. The fourth-order valence-electron chi connectivity index (χ4n) is 5.44. The maximum Gasteiger partial charge on any atom is 0.340 e. The maximum absolute atomic E-state index is 14.2. The molecule has 0 spiro atoms. The van der Waals surface area contributed by atoms with E-state index in [0.717, 1.165) is 26.2 Å². The largest absolute Gasteiger partial charge is 0.494 e. The Kier molecular flexibility index (Phi) is 6.50. The predicted octanol–water partition coefficient (Wildman–Crippen LogP) is 9.01. The summed E-state index contributed by atoms with van der Waals surface area (Å²) >= 11 is 14.8. The summed E-state index contributed by atoms with van der Waals surface area (Å²) in [5.41, 5.74) is 4.40. The van der Waals surface area contributed by atoms with Gasteiger partial charge in [-0.25, -0.2) is 4.57 Å². The van der Waals surface area contributed by atoms with Crippen LogP contribution in [-0.2, 0) is 0 Å². The van der Waals surface area contributed by atoms with Crippen LogP contribution in [0.5, 0.6) is 5.88 Å². The number of rotatable bonds is 5. The van der Waals surface area contributed by atoms with Crippen LogP contribution in [0.15, 0.2) is 97.1 Å². The second kappa shape index (κ2) is 10.2. The number of thiazole rings is 1. The van der Waals surface area contributed by atoms with Gasteiger partial charge in [-0.05, 0) is 65.0 Å². The number of nitrogens with zero attached hydrogens (tertiary/aromatic N) is 3. The molecule has 8 heteroatoms. The van der Waals surface area contributed by atoms with Crippen LogP contribution < -0.4 is 4.40 Å². The minimum atomic E-state index is -0.382. The second-order valence-electron chi connectivity index (χ2n) is 10.4. The van der Waals surface area contributed by atoms with E-state index in [1.807, 2.05) is 77.2 Å². The molecule has 0 amide bonds. The lowest BCUT2D eigenvalue weighted by Gasteiger charge is -2.09. The number of benzene rings is 4. The van der Waals surface area contributed by atoms with E-state index < -0.39 is 0 Å². The van der Waals surface area contributed by atoms with E-state index in [0.29, 0.717) is 44.1 Å². The van der Waals surface area contributed by atoms with Crippen LogP contribution in [0, 0.1) is 0 Å². The van der Waals surface area contributed by atoms with Crippen LogP contribution in [-0.4, -0.2) is 20.4 Å². The van der Waals surface area contributed by atoms with Gasteiger partial charge in [0.05, 0.1) is 26.0 Å². The number of aromatic nitrogens is 3. The Balaban J connectivity index is 1.67. The number of hydrogen-bond donors (Lipinski definition) is 1. The van der Waals surface area contributed by atoms with Crippen molar-refractivity contribution in [3.8, 4) is 23.0 Å². The first-order valence-corrected chi connectivity index (χ1v) is 15.1. The van der Waals surface area contributed by atoms with E-state index in [9.17, 15) is 9.90 Å². The molecule has 3 aromatic heterocycles. The summed E-state index contributed by atoms with van der Waals surface area (Å²) in [6.45, 7) is 4.26. The number of para-hydroxylation sites is 1. The number of carbonyl (C=O) groups is 1. The fraction of sp³-hybridized carbons (Fsp3) is 0.0882. The molecule has 4 aromatic carbocycles. The molecule has 42 heavy (non-hydrogen) atoms. The third-order valence-electron chi connectivity index (χ3n) is 7.55. The molecule has 0 aliphatic carbocycles. The topological polar surface area (TPSA) is 59.2 Å². The van der Waals surface area contributed by atoms with Crippen LogP contribution in [0.4, 0.5) is 0 Å². The lowest BCUT2D eigenvalue weighted by molar-refractivity contribution is -0.467. The highest BCUT2D eigenvalue weighted by Gasteiger charge is 2.35. The summed E-state index contributed by atoms with van der Waals surface area (Å²) in [4.78, 5) is 20.2. The maximum atomic E-state index is 14.2. The molecule has 0 radical (unpaired) electrons. The monoisotopic (exact) mass is 608 g/mol. The summed E-state index contributed by atoms with van der Waals surface area (Å²) in [5, 5.41) is 13.3. The summed E-state index contributed by atoms with van der Waals surface area (Å²) in [7, 11) is 0. The van der Waals surface area contributed by atoms with Gasteiger partial charge < -0.3 is 5.11 Å². The van der Waals surface area contributed by atoms with E-state index in [4.69, 9.17) is 28.2 Å². The molecule has 7 rings (SSSR count). The number of hydrogen-bond acceptors (Lipinski definition) is 4. The van der Waals surface area contributed by atoms with Crippen molar-refractivity contribution in [3.63, 3.8) is 0 Å². The molecular weight excluding hydrogens is 585 g/mol. The van der Waals surface area contributed by atoms with Gasteiger partial charge in [-0.1, -0.05) is 96.9 Å². The predicted molar refractivity (Wildman–Crippen MR) is 171 cm³/mol. The Hall–Kier alpha value is -4.23. The molecule has 0 aliphatic rings. The van der Waals surface area contributed by atoms with E-state index in [1.54, 1.807) is 28.8 Å². The van der Waals surface area contributed by atoms with Gasteiger partial charge in [-0.3, -0.25) is 4.79 Å². The zero-order chi connectivity index (χ0) is 29.1. The lowest BCUT2D eigenvalue weighted by atomic mass is 10.0. The van der Waals surface area contributed by atoms with Gasteiger partial charge in [0, 0.05) is 5.56 Å². The molecule has 0 fully saturated rings. The highest BCUT2D eigenvalue weighted by molar-refractivity contribution is 7.24. The van der Waals surface area contributed by atoms with Gasteiger partial charge in [-0.15, -0.1) is 0 Å². The second-order valence-corrected chi connectivity index (χ2v) is 12.3. The van der Waals surface area contributed by atoms with Crippen molar-refractivity contribution in [1.29, 1.82) is 0 Å². The van der Waals surface area contributed by atoms with Gasteiger partial charge in [0.2, 0.25) is 16.5 Å². The zero-order valence-corrected chi connectivity index (χ0v) is 25.0. The Labute approximate surface area is 255 Å². The highest BCUT2D eigenvalue weighted by Crippen LogP contribution is 2.41. The number of aromatic hydroxyl groups is 1. The summed E-state index contributed by atoms with van der Waals surface area (Å²) in [6, 6.07) is 30.4. The van der Waals surface area contributed by atoms with E-state index in [-0.39, 0.29) is 17.2 Å². The average Bonchev–Trinajstić information content (AvgIpc) is 3.52. The molecule has 0 unspecified atom stereocenters. The SMILES string of the molecule is CC(C)c1ccc(-n2c(O)c(C(=O)c3ccccc3Cl)c3c2nc(-c2ccccc2Cl)[n+]2c4ccccc4sc32)cc1. The van der Waals surface area contributed by atoms with Crippen LogP contribution in [0.3, 0.4) is 0 Å². The smallest absolute Gasteiger partial charge is 0.340 e. The van der Waals surface area contributed by atoms with E-state index in [2.05, 4.69) is 13.8 Å². The molecule has 0 bridgehead atoms. The van der Waals surface area contributed by atoms with Crippen molar-refractivity contribution in [2.45, 2.75) is 19.8 Å². The van der Waals surface area contributed by atoms with Gasteiger partial charge in [0.1, 0.15) is 10.9 Å². The Morgan fingerprint density at radius 1 is 0.881 bits per heavy atom. The minimum Gasteiger partial charge on any atom is -0.494 e. The molecule has 7 aromatic rings. The molecule has 0 aliphatic heterocycles. The Morgan fingerprint density at radius 2 is 1.55 bits per heavy atom. The standard InChI is InChI=1S/C34H23Cl2N3O2S/c1-19(2)20-15-17-21(18-16-20)38-32-29(28(33(38)41)30(40)22-9-3-5-11-24(22)35)34-39(26-13-7-8-14-27(26)42-34)31(37-32)23-10-4-6-12-25(23)36/h3-19H,1-2H3/p+1. The molecular formula is C34H24Cl2N3O2S+. The Morgan fingerprint density at radius 3 is 2.26 bits per heavy atom. The van der Waals surface area contributed by atoms with Crippen molar-refractivity contribution in [1.82, 2.24) is 9.55 Å². The lowest BCUT2D eigenvalue weighted by Crippen LogP contribution is -2.25. The van der Waals surface area contributed by atoms with Crippen LogP contribution in [0.1, 0.15) is 41.3 Å². The number of ketones is 1. The minimum absolute atomic E-state index is 0.147. The van der Waals surface area contributed by atoms with Crippen molar-refractivity contribution in [2.24, 2.45) is 0 Å². The van der Waals surface area contributed by atoms with Crippen LogP contribution in [0.25, 0.3) is 43.2 Å². The highest BCUT2D eigenvalue weighted by atomic mass is 35.5. The van der Waals surface area contributed by atoms with Gasteiger partial charge in [0.15, 0.2) is 5.52 Å². The van der Waals surface area contributed by atoms with Gasteiger partial charge >= 0.3 is 5.82 Å². The first-order chi connectivity index (χ1) is 20.3. The normalized spacial score (nSPS) is 11.7. The third-order valence-corrected chi connectivity index (χ3v) is 9.36. The van der Waals surface area contributed by atoms with Crippen molar-refractivity contribution >= 4 is 66.4 Å². The summed E-state index contributed by atoms with van der Waals surface area (Å²) in [6.07, 6.45) is 0. The molecule has 0 atom stereocenters. The summed E-state index contributed by atoms with van der Waals surface area (Å²) in [5.74, 6) is 0.364. The summed E-state index contributed by atoms with van der Waals surface area (Å²) < 4.78 is 4.68. The number of fused-ring (bicyclic) bond motifs is 5. The number of halogens is 2. The molecule has 0 saturated heterocycles. The first kappa shape index (κ1) is 26.7. The molecule has 1 N–H and O–H groups in total. The van der Waals surface area contributed by atoms with Gasteiger partial charge in [-0.2, -0.15) is 4.40 Å². The fourth-order valence-corrected chi connectivity index (χ4v) is 7.07. The van der Waals surface area contributed by atoms with Crippen molar-refractivity contribution < 1.29 is 14.3 Å². The zero-order valence-electron chi connectivity index (χ0n) is 22.7. The van der Waals surface area contributed by atoms with Crippen molar-refractivity contribution in [2.75, 3.05) is 0 Å². The van der Waals surface area contributed by atoms with Crippen LogP contribution in [0.2, 0.25) is 10.0 Å². The van der Waals surface area contributed by atoms with E-state index in [1.165, 1.54) is 11.3 Å². The number of carbonyl (C=O) groups excluding carboxylic acids is 1. The molecule has 206 valence electrons.